The second-order valence-electron chi connectivity index (χ2n) is 3.94. The molecule has 1 nitrogen and oxygen atoms in total. The van der Waals surface area contributed by atoms with Crippen LogP contribution in [0.25, 0.3) is 11.1 Å². The molecule has 0 aliphatic carbocycles. The summed E-state index contributed by atoms with van der Waals surface area (Å²) >= 11 is 18.0. The summed E-state index contributed by atoms with van der Waals surface area (Å²) in [5.74, 6) is 0.852. The smallest absolute Gasteiger partial charge is 0.121 e. The minimum atomic E-state index is 0.382. The van der Waals surface area contributed by atoms with E-state index in [-0.39, 0.29) is 0 Å². The van der Waals surface area contributed by atoms with E-state index in [1.54, 1.807) is 19.2 Å². The van der Waals surface area contributed by atoms with Crippen LogP contribution in [0, 0.1) is 6.92 Å². The van der Waals surface area contributed by atoms with Crippen molar-refractivity contribution in [3.05, 3.63) is 51.0 Å². The van der Waals surface area contributed by atoms with Crippen molar-refractivity contribution in [3.63, 3.8) is 0 Å². The van der Waals surface area contributed by atoms with Crippen molar-refractivity contribution in [1.82, 2.24) is 0 Å². The molecule has 0 radical (unpaired) electrons. The second kappa shape index (κ2) is 5.40. The number of methoxy groups -OCH3 is 1. The van der Waals surface area contributed by atoms with Crippen molar-refractivity contribution in [1.29, 1.82) is 0 Å². The van der Waals surface area contributed by atoms with Crippen LogP contribution in [0.15, 0.2) is 30.3 Å². The van der Waals surface area contributed by atoms with Crippen LogP contribution in [0.2, 0.25) is 15.1 Å². The first-order valence-electron chi connectivity index (χ1n) is 5.32. The first kappa shape index (κ1) is 13.5. The third kappa shape index (κ3) is 2.59. The highest BCUT2D eigenvalue weighted by Gasteiger charge is 2.08. The Morgan fingerprint density at radius 3 is 2.00 bits per heavy atom. The van der Waals surface area contributed by atoms with Crippen LogP contribution in [0.5, 0.6) is 5.75 Å². The Bertz CT molecular complexity index is 571. The molecule has 2 aromatic carbocycles. The van der Waals surface area contributed by atoms with Crippen LogP contribution in [0.3, 0.4) is 0 Å². The van der Waals surface area contributed by atoms with E-state index in [4.69, 9.17) is 39.5 Å². The molecule has 0 aliphatic heterocycles. The lowest BCUT2D eigenvalue weighted by Crippen LogP contribution is -1.88. The van der Waals surface area contributed by atoms with E-state index in [2.05, 4.69) is 0 Å². The van der Waals surface area contributed by atoms with Gasteiger partial charge in [0.2, 0.25) is 0 Å². The van der Waals surface area contributed by atoms with E-state index in [0.29, 0.717) is 15.1 Å². The van der Waals surface area contributed by atoms with Gasteiger partial charge in [-0.3, -0.25) is 0 Å². The maximum atomic E-state index is 6.03. The number of halogens is 3. The zero-order chi connectivity index (χ0) is 13.3. The van der Waals surface area contributed by atoms with Gasteiger partial charge in [-0.1, -0.05) is 40.9 Å². The molecule has 0 fully saturated rings. The summed E-state index contributed by atoms with van der Waals surface area (Å²) in [7, 11) is 1.65. The van der Waals surface area contributed by atoms with Crippen LogP contribution < -0.4 is 4.74 Å². The van der Waals surface area contributed by atoms with Gasteiger partial charge in [-0.05, 0) is 47.9 Å². The molecular formula is C14H11Cl3O. The fourth-order valence-electron chi connectivity index (χ4n) is 1.78. The number of hydrogen-bond acceptors (Lipinski definition) is 1. The van der Waals surface area contributed by atoms with Crippen LogP contribution >= 0.6 is 34.8 Å². The van der Waals surface area contributed by atoms with Gasteiger partial charge in [0.15, 0.2) is 0 Å². The highest BCUT2D eigenvalue weighted by molar-refractivity contribution is 6.48. The van der Waals surface area contributed by atoms with E-state index in [1.165, 1.54) is 0 Å². The molecule has 0 saturated carbocycles. The third-order valence-electron chi connectivity index (χ3n) is 2.71. The standard InChI is InChI=1S/C14H11Cl3O/c1-8-5-9(3-4-13(8)18-2)10-6-11(15)14(17)12(16)7-10/h3-7H,1-2H3. The molecule has 2 rings (SSSR count). The molecule has 0 spiro atoms. The average Bonchev–Trinajstić information content (AvgIpc) is 2.35. The van der Waals surface area contributed by atoms with Crippen molar-refractivity contribution in [2.75, 3.05) is 7.11 Å². The fraction of sp³-hybridized carbons (Fsp3) is 0.143. The summed E-state index contributed by atoms with van der Waals surface area (Å²) in [5, 5.41) is 1.28. The van der Waals surface area contributed by atoms with E-state index in [0.717, 1.165) is 22.4 Å². The zero-order valence-electron chi connectivity index (χ0n) is 9.93. The SMILES string of the molecule is COc1ccc(-c2cc(Cl)c(Cl)c(Cl)c2)cc1C. The van der Waals surface area contributed by atoms with Crippen molar-refractivity contribution in [2.45, 2.75) is 6.92 Å². The van der Waals surface area contributed by atoms with E-state index < -0.39 is 0 Å². The number of aryl methyl sites for hydroxylation is 1. The summed E-state index contributed by atoms with van der Waals surface area (Å²) in [6.07, 6.45) is 0. The van der Waals surface area contributed by atoms with Gasteiger partial charge in [0.25, 0.3) is 0 Å². The molecule has 4 heteroatoms. The topological polar surface area (TPSA) is 9.23 Å². The van der Waals surface area contributed by atoms with Crippen molar-refractivity contribution in [3.8, 4) is 16.9 Å². The average molecular weight is 302 g/mol. The number of benzene rings is 2. The lowest BCUT2D eigenvalue weighted by atomic mass is 10.0. The van der Waals surface area contributed by atoms with Gasteiger partial charge in [0.1, 0.15) is 5.75 Å². The molecule has 2 aromatic rings. The predicted octanol–water partition coefficient (Wildman–Crippen LogP) is 5.63. The molecule has 0 N–H and O–H groups in total. The number of rotatable bonds is 2. The van der Waals surface area contributed by atoms with Crippen molar-refractivity contribution >= 4 is 34.8 Å². The summed E-state index contributed by atoms with van der Waals surface area (Å²) in [4.78, 5) is 0. The van der Waals surface area contributed by atoms with Crippen LogP contribution in [-0.2, 0) is 0 Å². The molecule has 0 atom stereocenters. The Hall–Kier alpha value is -0.890. The number of hydrogen-bond donors (Lipinski definition) is 0. The third-order valence-corrected chi connectivity index (χ3v) is 3.91. The second-order valence-corrected chi connectivity index (χ2v) is 5.13. The monoisotopic (exact) mass is 300 g/mol. The summed E-state index contributed by atoms with van der Waals surface area (Å²) < 4.78 is 5.23. The van der Waals surface area contributed by atoms with E-state index in [9.17, 15) is 0 Å². The first-order chi connectivity index (χ1) is 8.52. The van der Waals surface area contributed by atoms with Gasteiger partial charge in [0, 0.05) is 0 Å². The zero-order valence-corrected chi connectivity index (χ0v) is 12.2. The predicted molar refractivity (Wildman–Crippen MR) is 78.2 cm³/mol. The molecule has 94 valence electrons. The van der Waals surface area contributed by atoms with Crippen LogP contribution in [-0.4, -0.2) is 7.11 Å². The van der Waals surface area contributed by atoms with Crippen molar-refractivity contribution < 1.29 is 4.74 Å². The normalized spacial score (nSPS) is 10.5. The van der Waals surface area contributed by atoms with Crippen LogP contribution in [0.1, 0.15) is 5.56 Å². The molecule has 0 heterocycles. The van der Waals surface area contributed by atoms with Gasteiger partial charge in [-0.2, -0.15) is 0 Å². The van der Waals surface area contributed by atoms with Gasteiger partial charge in [-0.15, -0.1) is 0 Å². The van der Waals surface area contributed by atoms with Gasteiger partial charge >= 0.3 is 0 Å². The molecule has 0 bridgehead atoms. The van der Waals surface area contributed by atoms with E-state index >= 15 is 0 Å². The Balaban J connectivity index is 2.52. The fourth-order valence-corrected chi connectivity index (χ4v) is 2.38. The van der Waals surface area contributed by atoms with Crippen LogP contribution in [0.4, 0.5) is 0 Å². The van der Waals surface area contributed by atoms with Crippen molar-refractivity contribution in [2.24, 2.45) is 0 Å². The Kier molecular flexibility index (Phi) is 4.06. The number of ether oxygens (including phenoxy) is 1. The highest BCUT2D eigenvalue weighted by atomic mass is 35.5. The Labute approximate surface area is 121 Å². The minimum Gasteiger partial charge on any atom is -0.496 e. The molecular weight excluding hydrogens is 291 g/mol. The molecule has 0 amide bonds. The highest BCUT2D eigenvalue weighted by Crippen LogP contribution is 2.36. The molecule has 18 heavy (non-hydrogen) atoms. The largest absolute Gasteiger partial charge is 0.496 e. The first-order valence-corrected chi connectivity index (χ1v) is 6.46. The molecule has 0 aromatic heterocycles. The Morgan fingerprint density at radius 1 is 0.889 bits per heavy atom. The molecule has 0 saturated heterocycles. The quantitative estimate of drug-likeness (QED) is 0.653. The lowest BCUT2D eigenvalue weighted by Gasteiger charge is -2.09. The summed E-state index contributed by atoms with van der Waals surface area (Å²) in [5.41, 5.74) is 3.01. The Morgan fingerprint density at radius 2 is 1.50 bits per heavy atom. The molecule has 0 unspecified atom stereocenters. The summed E-state index contributed by atoms with van der Waals surface area (Å²) in [6, 6.07) is 9.51. The maximum Gasteiger partial charge on any atom is 0.121 e. The van der Waals surface area contributed by atoms with Gasteiger partial charge in [-0.25, -0.2) is 0 Å². The lowest BCUT2D eigenvalue weighted by molar-refractivity contribution is 0.412. The molecule has 0 aliphatic rings. The van der Waals surface area contributed by atoms with Gasteiger partial charge < -0.3 is 4.74 Å². The summed E-state index contributed by atoms with van der Waals surface area (Å²) in [6.45, 7) is 1.99. The maximum absolute atomic E-state index is 6.03. The van der Waals surface area contributed by atoms with Gasteiger partial charge in [0.05, 0.1) is 22.2 Å². The minimum absolute atomic E-state index is 0.382. The van der Waals surface area contributed by atoms with E-state index in [1.807, 2.05) is 25.1 Å².